The summed E-state index contributed by atoms with van der Waals surface area (Å²) in [7, 11) is 0. The molecule has 0 fully saturated rings. The lowest BCUT2D eigenvalue weighted by Gasteiger charge is -2.30. The average Bonchev–Trinajstić information content (AvgIpc) is 1.73. The van der Waals surface area contributed by atoms with Crippen LogP contribution in [0, 0.1) is 0 Å². The summed E-state index contributed by atoms with van der Waals surface area (Å²) >= 11 is 0. The molecule has 0 aliphatic heterocycles. The molecule has 0 heterocycles. The van der Waals surface area contributed by atoms with Gasteiger partial charge in [-0.25, -0.2) is 0 Å². The summed E-state index contributed by atoms with van der Waals surface area (Å²) in [6, 6.07) is 0. The molecule has 0 aromatic rings. The van der Waals surface area contributed by atoms with Crippen molar-refractivity contribution in [2.75, 3.05) is 0 Å². The highest BCUT2D eigenvalue weighted by atomic mass is 16.8. The van der Waals surface area contributed by atoms with Crippen LogP contribution in [-0.4, -0.2) is 23.8 Å². The Morgan fingerprint density at radius 1 is 0.667 bits per heavy atom. The van der Waals surface area contributed by atoms with Crippen molar-refractivity contribution >= 4 is 0 Å². The van der Waals surface area contributed by atoms with Gasteiger partial charge in [-0.15, -0.1) is 0 Å². The minimum atomic E-state index is -0.262. The number of rotatable bonds is 4. The molecule has 0 aromatic heterocycles. The lowest BCUT2D eigenvalue weighted by Crippen LogP contribution is -2.33. The SMILES string of the molecule is CC(OC(C)OC(C)(C)C)OC(C)(C)C. The molecule has 0 N–H and O–H groups in total. The molecule has 3 nitrogen and oxygen atoms in total. The molecule has 0 aliphatic carbocycles. The first-order chi connectivity index (χ1) is 6.49. The third-order valence-electron chi connectivity index (χ3n) is 1.42. The summed E-state index contributed by atoms with van der Waals surface area (Å²) in [5, 5.41) is 0. The van der Waals surface area contributed by atoms with Crippen LogP contribution in [0.25, 0.3) is 0 Å². The second-order valence-corrected chi connectivity index (χ2v) is 5.73. The van der Waals surface area contributed by atoms with E-state index in [2.05, 4.69) is 0 Å². The minimum Gasteiger partial charge on any atom is -0.347 e. The molecule has 0 spiro atoms. The zero-order chi connectivity index (χ0) is 12.3. The maximum atomic E-state index is 5.62. The highest BCUT2D eigenvalue weighted by molar-refractivity contribution is 4.61. The van der Waals surface area contributed by atoms with Crippen LogP contribution < -0.4 is 0 Å². The van der Waals surface area contributed by atoms with E-state index >= 15 is 0 Å². The van der Waals surface area contributed by atoms with Crippen LogP contribution in [0.2, 0.25) is 0 Å². The Morgan fingerprint density at radius 3 is 1.13 bits per heavy atom. The first-order valence-corrected chi connectivity index (χ1v) is 5.51. The molecule has 0 saturated heterocycles. The van der Waals surface area contributed by atoms with E-state index in [0.717, 1.165) is 0 Å². The molecule has 15 heavy (non-hydrogen) atoms. The maximum Gasteiger partial charge on any atom is 0.158 e. The number of hydrogen-bond acceptors (Lipinski definition) is 3. The van der Waals surface area contributed by atoms with E-state index in [4.69, 9.17) is 14.2 Å². The van der Waals surface area contributed by atoms with Crippen LogP contribution in [0.4, 0.5) is 0 Å². The monoisotopic (exact) mass is 218 g/mol. The highest BCUT2D eigenvalue weighted by Crippen LogP contribution is 2.16. The largest absolute Gasteiger partial charge is 0.347 e. The van der Waals surface area contributed by atoms with Gasteiger partial charge in [0.2, 0.25) is 0 Å². The van der Waals surface area contributed by atoms with E-state index < -0.39 is 0 Å². The molecule has 2 unspecified atom stereocenters. The van der Waals surface area contributed by atoms with Gasteiger partial charge in [0.1, 0.15) is 0 Å². The smallest absolute Gasteiger partial charge is 0.158 e. The molecule has 0 saturated carbocycles. The van der Waals surface area contributed by atoms with Crippen molar-refractivity contribution in [3.05, 3.63) is 0 Å². The predicted molar refractivity (Wildman–Crippen MR) is 61.7 cm³/mol. The molecule has 3 heteroatoms. The Hall–Kier alpha value is -0.120. The zero-order valence-electron chi connectivity index (χ0n) is 11.4. The Kier molecular flexibility index (Phi) is 5.24. The number of ether oxygens (including phenoxy) is 3. The molecule has 0 bridgehead atoms. The molecular weight excluding hydrogens is 192 g/mol. The van der Waals surface area contributed by atoms with E-state index in [1.807, 2.05) is 55.4 Å². The van der Waals surface area contributed by atoms with Crippen molar-refractivity contribution in [1.82, 2.24) is 0 Å². The van der Waals surface area contributed by atoms with Crippen molar-refractivity contribution < 1.29 is 14.2 Å². The van der Waals surface area contributed by atoms with Gasteiger partial charge >= 0.3 is 0 Å². The second-order valence-electron chi connectivity index (χ2n) is 5.73. The molecule has 0 rings (SSSR count). The Morgan fingerprint density at radius 2 is 0.933 bits per heavy atom. The fraction of sp³-hybridized carbons (Fsp3) is 1.00. The Balaban J connectivity index is 3.92. The highest BCUT2D eigenvalue weighted by Gasteiger charge is 2.20. The fourth-order valence-corrected chi connectivity index (χ4v) is 1.32. The normalized spacial score (nSPS) is 17.6. The van der Waals surface area contributed by atoms with Crippen LogP contribution in [0.1, 0.15) is 55.4 Å². The quantitative estimate of drug-likeness (QED) is 0.677. The third kappa shape index (κ3) is 10.2. The van der Waals surface area contributed by atoms with Crippen molar-refractivity contribution in [3.63, 3.8) is 0 Å². The third-order valence-corrected chi connectivity index (χ3v) is 1.42. The van der Waals surface area contributed by atoms with Gasteiger partial charge in [0.05, 0.1) is 11.2 Å². The minimum absolute atomic E-state index is 0.194. The summed E-state index contributed by atoms with van der Waals surface area (Å²) in [6.45, 7) is 15.8. The molecular formula is C12H26O3. The van der Waals surface area contributed by atoms with Crippen LogP contribution in [0.15, 0.2) is 0 Å². The van der Waals surface area contributed by atoms with Crippen LogP contribution in [0.5, 0.6) is 0 Å². The van der Waals surface area contributed by atoms with Crippen LogP contribution in [-0.2, 0) is 14.2 Å². The van der Waals surface area contributed by atoms with E-state index in [-0.39, 0.29) is 23.8 Å². The predicted octanol–water partition coefficient (Wildman–Crippen LogP) is 3.33. The van der Waals surface area contributed by atoms with Gasteiger partial charge in [0.15, 0.2) is 12.6 Å². The number of hydrogen-bond donors (Lipinski definition) is 0. The molecule has 2 atom stereocenters. The molecule has 0 radical (unpaired) electrons. The summed E-state index contributed by atoms with van der Waals surface area (Å²) < 4.78 is 16.8. The molecule has 0 amide bonds. The Labute approximate surface area is 94.1 Å². The summed E-state index contributed by atoms with van der Waals surface area (Å²) in [5.74, 6) is 0. The van der Waals surface area contributed by atoms with Gasteiger partial charge < -0.3 is 14.2 Å². The lowest BCUT2D eigenvalue weighted by molar-refractivity contribution is -0.277. The van der Waals surface area contributed by atoms with E-state index in [1.54, 1.807) is 0 Å². The first kappa shape index (κ1) is 14.9. The van der Waals surface area contributed by atoms with Crippen molar-refractivity contribution in [2.45, 2.75) is 79.2 Å². The van der Waals surface area contributed by atoms with E-state index in [9.17, 15) is 0 Å². The van der Waals surface area contributed by atoms with Gasteiger partial charge in [-0.1, -0.05) is 0 Å². The fourth-order valence-electron chi connectivity index (χ4n) is 1.32. The summed E-state index contributed by atoms with van der Waals surface area (Å²) in [6.07, 6.45) is -0.523. The van der Waals surface area contributed by atoms with Crippen molar-refractivity contribution in [2.24, 2.45) is 0 Å². The van der Waals surface area contributed by atoms with Crippen LogP contribution >= 0.6 is 0 Å². The molecule has 0 aliphatic rings. The molecule has 92 valence electrons. The van der Waals surface area contributed by atoms with Gasteiger partial charge in [-0.3, -0.25) is 0 Å². The van der Waals surface area contributed by atoms with Crippen molar-refractivity contribution in [1.29, 1.82) is 0 Å². The topological polar surface area (TPSA) is 27.7 Å². The van der Waals surface area contributed by atoms with E-state index in [1.165, 1.54) is 0 Å². The van der Waals surface area contributed by atoms with Crippen LogP contribution in [0.3, 0.4) is 0 Å². The first-order valence-electron chi connectivity index (χ1n) is 5.51. The standard InChI is InChI=1S/C12H26O3/c1-9(14-11(3,4)5)13-10(2)15-12(6,7)8/h9-10H,1-8H3. The summed E-state index contributed by atoms with van der Waals surface area (Å²) in [5.41, 5.74) is -0.387. The second kappa shape index (κ2) is 5.28. The summed E-state index contributed by atoms with van der Waals surface area (Å²) in [4.78, 5) is 0. The lowest BCUT2D eigenvalue weighted by atomic mass is 10.2. The van der Waals surface area contributed by atoms with Gasteiger partial charge in [-0.2, -0.15) is 0 Å². The maximum absolute atomic E-state index is 5.62. The molecule has 0 aromatic carbocycles. The van der Waals surface area contributed by atoms with Crippen molar-refractivity contribution in [3.8, 4) is 0 Å². The van der Waals surface area contributed by atoms with E-state index in [0.29, 0.717) is 0 Å². The zero-order valence-corrected chi connectivity index (χ0v) is 11.4. The average molecular weight is 218 g/mol. The van der Waals surface area contributed by atoms with Gasteiger partial charge in [0, 0.05) is 0 Å². The van der Waals surface area contributed by atoms with Gasteiger partial charge in [-0.05, 0) is 55.4 Å². The van der Waals surface area contributed by atoms with Gasteiger partial charge in [0.25, 0.3) is 0 Å². The Bertz CT molecular complexity index is 156.